The van der Waals surface area contributed by atoms with Crippen LogP contribution in [-0.4, -0.2) is 3.72 Å². The van der Waals surface area contributed by atoms with Gasteiger partial charge in [-0.05, 0) is 28.7 Å². The third-order valence-electron chi connectivity index (χ3n) is 0.410. The predicted molar refractivity (Wildman–Crippen MR) is 30.6 cm³/mol. The van der Waals surface area contributed by atoms with Gasteiger partial charge in [0.15, 0.2) is 0 Å². The number of allylic oxidation sites excluding steroid dienone is 1. The first kappa shape index (κ1) is 3.33. The van der Waals surface area contributed by atoms with Crippen LogP contribution in [0.15, 0.2) is 17.3 Å². The number of rotatable bonds is 0. The zero-order valence-corrected chi connectivity index (χ0v) is 4.64. The predicted octanol–water partition coefficient (Wildman–Crippen LogP) is 1.35. The monoisotopic (exact) mass is 179 g/mol. The molecule has 0 saturated heterocycles. The quantitative estimate of drug-likeness (QED) is 0.497. The molecule has 26 valence electrons. The van der Waals surface area contributed by atoms with Crippen LogP contribution < -0.4 is 0 Å². The first-order valence-corrected chi connectivity index (χ1v) is 2.37. The Morgan fingerprint density at radius 1 is 1.80 bits per heavy atom. The molecule has 0 N–H and O–H groups in total. The van der Waals surface area contributed by atoms with Crippen molar-refractivity contribution in [3.8, 4) is 0 Å². The Bertz CT molecular complexity index is 93.1. The maximum atomic E-state index is 3.79. The average Bonchev–Trinajstić information content (AvgIpc) is 1.30. The Hall–Kier alpha value is 0.140. The van der Waals surface area contributed by atoms with Crippen molar-refractivity contribution in [2.75, 3.05) is 0 Å². The lowest BCUT2D eigenvalue weighted by molar-refractivity contribution is 1.55. The van der Waals surface area contributed by atoms with Gasteiger partial charge in [0.25, 0.3) is 0 Å². The van der Waals surface area contributed by atoms with Gasteiger partial charge >= 0.3 is 0 Å². The molecule has 1 rings (SSSR count). The van der Waals surface area contributed by atoms with E-state index in [0.717, 1.165) is 3.72 Å². The molecule has 0 atom stereocenters. The van der Waals surface area contributed by atoms with Gasteiger partial charge in [0, 0.05) is 6.20 Å². The van der Waals surface area contributed by atoms with Crippen molar-refractivity contribution in [2.45, 2.75) is 0 Å². The Balaban J connectivity index is 2.60. The highest BCUT2D eigenvalue weighted by Crippen LogP contribution is 2.01. The maximum absolute atomic E-state index is 3.79. The molecule has 0 radical (unpaired) electrons. The minimum absolute atomic E-state index is 1.10. The van der Waals surface area contributed by atoms with E-state index in [0.29, 0.717) is 0 Å². The summed E-state index contributed by atoms with van der Waals surface area (Å²) in [6, 6.07) is 0. The van der Waals surface area contributed by atoms with Crippen LogP contribution in [0.4, 0.5) is 0 Å². The molecule has 0 aromatic heterocycles. The van der Waals surface area contributed by atoms with E-state index < -0.39 is 0 Å². The van der Waals surface area contributed by atoms with Crippen LogP contribution in [0.3, 0.4) is 0 Å². The molecule has 1 nitrogen and oxygen atoms in total. The molecule has 0 aromatic carbocycles. The summed E-state index contributed by atoms with van der Waals surface area (Å²) in [5.41, 5.74) is 0. The minimum atomic E-state index is 1.10. The largest absolute Gasteiger partial charge is 0.250 e. The fraction of sp³-hybridized carbons (Fsp3) is 0. The summed E-state index contributed by atoms with van der Waals surface area (Å²) >= 11 is 2.16. The van der Waals surface area contributed by atoms with Crippen molar-refractivity contribution in [3.05, 3.63) is 12.3 Å². The van der Waals surface area contributed by atoms with Crippen molar-refractivity contribution in [1.82, 2.24) is 0 Å². The first-order valence-electron chi connectivity index (χ1n) is 1.29. The molecule has 0 fully saturated rings. The number of halogens is 1. The average molecular weight is 179 g/mol. The normalized spacial score (nSPS) is 17.4. The van der Waals surface area contributed by atoms with E-state index in [-0.39, 0.29) is 0 Å². The van der Waals surface area contributed by atoms with Crippen molar-refractivity contribution in [3.63, 3.8) is 0 Å². The van der Waals surface area contributed by atoms with E-state index in [1.807, 2.05) is 6.08 Å². The molecule has 1 aliphatic heterocycles. The third-order valence-corrected chi connectivity index (χ3v) is 1.05. The van der Waals surface area contributed by atoms with Crippen LogP contribution in [0.5, 0.6) is 0 Å². The second-order valence-corrected chi connectivity index (χ2v) is 1.87. The first-order chi connectivity index (χ1) is 2.39. The van der Waals surface area contributed by atoms with Crippen LogP contribution >= 0.6 is 22.6 Å². The van der Waals surface area contributed by atoms with E-state index in [9.17, 15) is 0 Å². The van der Waals surface area contributed by atoms with Gasteiger partial charge in [-0.15, -0.1) is 0 Å². The maximum Gasteiger partial charge on any atom is 0.102 e. The van der Waals surface area contributed by atoms with Crippen molar-refractivity contribution in [1.29, 1.82) is 0 Å². The molecule has 0 aromatic rings. The SMILES string of the molecule is IC1=NC=C1. The number of nitrogens with zero attached hydrogens (tertiary/aromatic N) is 1. The Kier molecular flexibility index (Phi) is 0.722. The summed E-state index contributed by atoms with van der Waals surface area (Å²) in [5, 5.41) is 0. The standard InChI is InChI=1S/C3H2IN/c4-3-1-2-5-3/h1-2H. The smallest absolute Gasteiger partial charge is 0.102 e. The molecule has 0 unspecified atom stereocenters. The Morgan fingerprint density at radius 3 is 2.20 bits per heavy atom. The summed E-state index contributed by atoms with van der Waals surface area (Å²) in [6.45, 7) is 0. The molecule has 5 heavy (non-hydrogen) atoms. The molecule has 0 aliphatic carbocycles. The molecule has 0 amide bonds. The molecule has 1 aliphatic rings. The second kappa shape index (κ2) is 1.08. The van der Waals surface area contributed by atoms with E-state index >= 15 is 0 Å². The van der Waals surface area contributed by atoms with Gasteiger partial charge in [-0.1, -0.05) is 0 Å². The highest BCUT2D eigenvalue weighted by atomic mass is 127. The van der Waals surface area contributed by atoms with Crippen molar-refractivity contribution in [2.24, 2.45) is 4.99 Å². The molecular formula is C3H2IN. The molecular weight excluding hydrogens is 177 g/mol. The summed E-state index contributed by atoms with van der Waals surface area (Å²) in [6.07, 6.45) is 3.74. The van der Waals surface area contributed by atoms with Gasteiger partial charge < -0.3 is 0 Å². The number of aliphatic imine (C=N–C) groups is 1. The van der Waals surface area contributed by atoms with Gasteiger partial charge in [0.2, 0.25) is 0 Å². The van der Waals surface area contributed by atoms with Crippen molar-refractivity contribution < 1.29 is 0 Å². The lowest BCUT2D eigenvalue weighted by Crippen LogP contribution is -1.82. The Labute approximate surface area is 43.9 Å². The fourth-order valence-electron chi connectivity index (χ4n) is 0.131. The summed E-state index contributed by atoms with van der Waals surface area (Å²) in [4.78, 5) is 3.79. The van der Waals surface area contributed by atoms with Crippen LogP contribution in [0.2, 0.25) is 0 Å². The van der Waals surface area contributed by atoms with E-state index in [1.165, 1.54) is 0 Å². The zero-order chi connectivity index (χ0) is 3.70. The van der Waals surface area contributed by atoms with Crippen LogP contribution in [0, 0.1) is 0 Å². The van der Waals surface area contributed by atoms with Crippen LogP contribution in [0.25, 0.3) is 0 Å². The summed E-state index contributed by atoms with van der Waals surface area (Å²) in [5.74, 6) is 0. The number of hydrogen-bond acceptors (Lipinski definition) is 1. The summed E-state index contributed by atoms with van der Waals surface area (Å²) < 4.78 is 1.10. The van der Waals surface area contributed by atoms with Crippen LogP contribution in [0.1, 0.15) is 0 Å². The van der Waals surface area contributed by atoms with Crippen molar-refractivity contribution >= 4 is 26.3 Å². The lowest BCUT2D eigenvalue weighted by atomic mass is 10.6. The zero-order valence-electron chi connectivity index (χ0n) is 2.48. The van der Waals surface area contributed by atoms with E-state index in [2.05, 4.69) is 27.6 Å². The lowest BCUT2D eigenvalue weighted by Gasteiger charge is -1.89. The molecule has 1 heterocycles. The third kappa shape index (κ3) is 0.503. The fourth-order valence-corrected chi connectivity index (χ4v) is 0.453. The van der Waals surface area contributed by atoms with Gasteiger partial charge in [0.05, 0.1) is 0 Å². The molecule has 0 spiro atoms. The van der Waals surface area contributed by atoms with Gasteiger partial charge in [-0.2, -0.15) is 0 Å². The summed E-state index contributed by atoms with van der Waals surface area (Å²) in [7, 11) is 0. The molecule has 0 saturated carbocycles. The molecule has 2 heteroatoms. The Morgan fingerprint density at radius 2 is 2.20 bits per heavy atom. The van der Waals surface area contributed by atoms with Gasteiger partial charge in [-0.3, -0.25) is 4.99 Å². The molecule has 0 bridgehead atoms. The van der Waals surface area contributed by atoms with Gasteiger partial charge in [-0.25, -0.2) is 0 Å². The van der Waals surface area contributed by atoms with Crippen LogP contribution in [-0.2, 0) is 0 Å². The highest BCUT2D eigenvalue weighted by Gasteiger charge is 1.87. The topological polar surface area (TPSA) is 12.4 Å². The second-order valence-electron chi connectivity index (χ2n) is 0.768. The van der Waals surface area contributed by atoms with E-state index in [1.54, 1.807) is 6.20 Å². The highest BCUT2D eigenvalue weighted by molar-refractivity contribution is 14.1. The van der Waals surface area contributed by atoms with Gasteiger partial charge in [0.1, 0.15) is 3.72 Å². The minimum Gasteiger partial charge on any atom is -0.250 e. The number of hydrogen-bond donors (Lipinski definition) is 0. The van der Waals surface area contributed by atoms with E-state index in [4.69, 9.17) is 0 Å².